The van der Waals surface area contributed by atoms with Crippen LogP contribution in [-0.2, 0) is 0 Å². The van der Waals surface area contributed by atoms with E-state index in [-0.39, 0.29) is 11.8 Å². The van der Waals surface area contributed by atoms with Crippen molar-refractivity contribution in [3.8, 4) is 23.0 Å². The largest absolute Gasteiger partial charge is 0.507 e. The molecule has 3 aromatic carbocycles. The second kappa shape index (κ2) is 7.30. The first-order chi connectivity index (χ1) is 14.7. The van der Waals surface area contributed by atoms with Crippen LogP contribution in [0, 0.1) is 0 Å². The number of benzene rings is 3. The molecular weight excluding hydrogens is 380 g/mol. The molecule has 2 aliphatic heterocycles. The first kappa shape index (κ1) is 18.4. The molecule has 0 aromatic heterocycles. The van der Waals surface area contributed by atoms with E-state index < -0.39 is 6.23 Å². The Kier molecular flexibility index (Phi) is 4.47. The number of phenols is 1. The molecule has 0 bridgehead atoms. The minimum Gasteiger partial charge on any atom is -0.507 e. The summed E-state index contributed by atoms with van der Waals surface area (Å²) in [5, 5.41) is 17.2. The Morgan fingerprint density at radius 1 is 0.967 bits per heavy atom. The molecule has 0 amide bonds. The van der Waals surface area contributed by atoms with Gasteiger partial charge in [-0.05, 0) is 42.5 Å². The fraction of sp³-hybridized carbons (Fsp3) is 0.208. The van der Waals surface area contributed by atoms with Crippen molar-refractivity contribution in [2.75, 3.05) is 14.2 Å². The maximum atomic E-state index is 10.4. The molecule has 2 atom stereocenters. The van der Waals surface area contributed by atoms with Crippen LogP contribution in [0.2, 0.25) is 0 Å². The Morgan fingerprint density at radius 2 is 1.77 bits per heavy atom. The Hall–Kier alpha value is -3.67. The van der Waals surface area contributed by atoms with Crippen molar-refractivity contribution in [2.24, 2.45) is 5.10 Å². The number of fused-ring (bicyclic) bond motifs is 3. The second-order valence-electron chi connectivity index (χ2n) is 7.29. The molecule has 5 rings (SSSR count). The maximum absolute atomic E-state index is 10.4. The maximum Gasteiger partial charge on any atom is 0.214 e. The number of para-hydroxylation sites is 2. The van der Waals surface area contributed by atoms with E-state index in [1.54, 1.807) is 20.3 Å². The number of rotatable bonds is 4. The molecule has 0 aliphatic carbocycles. The molecule has 6 heteroatoms. The van der Waals surface area contributed by atoms with Gasteiger partial charge in [0.1, 0.15) is 11.5 Å². The lowest BCUT2D eigenvalue weighted by molar-refractivity contribution is -0.0209. The van der Waals surface area contributed by atoms with Gasteiger partial charge in [-0.15, -0.1) is 0 Å². The Labute approximate surface area is 174 Å². The number of nitrogens with zero attached hydrogens (tertiary/aromatic N) is 2. The Bertz CT molecular complexity index is 1110. The SMILES string of the molecule is COc1ccc(C2Oc3c(OC)cccc3C3CC(c4ccccc4O)=NN32)cc1. The van der Waals surface area contributed by atoms with Crippen LogP contribution in [0.4, 0.5) is 0 Å². The first-order valence-corrected chi connectivity index (χ1v) is 9.81. The van der Waals surface area contributed by atoms with E-state index in [9.17, 15) is 5.11 Å². The summed E-state index contributed by atoms with van der Waals surface area (Å²) in [4.78, 5) is 0. The van der Waals surface area contributed by atoms with Gasteiger partial charge in [0.05, 0.1) is 26.0 Å². The fourth-order valence-electron chi connectivity index (χ4n) is 4.11. The quantitative estimate of drug-likeness (QED) is 0.688. The van der Waals surface area contributed by atoms with Gasteiger partial charge in [-0.1, -0.05) is 24.3 Å². The summed E-state index contributed by atoms with van der Waals surface area (Å²) in [6.45, 7) is 0. The summed E-state index contributed by atoms with van der Waals surface area (Å²) < 4.78 is 17.3. The molecule has 6 nitrogen and oxygen atoms in total. The van der Waals surface area contributed by atoms with E-state index >= 15 is 0 Å². The zero-order valence-corrected chi connectivity index (χ0v) is 16.8. The molecule has 3 aromatic rings. The highest BCUT2D eigenvalue weighted by molar-refractivity contribution is 6.04. The number of aromatic hydroxyl groups is 1. The minimum atomic E-state index is -0.423. The van der Waals surface area contributed by atoms with Crippen molar-refractivity contribution in [1.82, 2.24) is 5.01 Å². The minimum absolute atomic E-state index is 0.0226. The lowest BCUT2D eigenvalue weighted by atomic mass is 9.95. The van der Waals surface area contributed by atoms with Crippen LogP contribution in [0.1, 0.15) is 35.4 Å². The predicted octanol–water partition coefficient (Wildman–Crippen LogP) is 4.65. The Balaban J connectivity index is 1.62. The highest BCUT2D eigenvalue weighted by Crippen LogP contribution is 2.51. The zero-order chi connectivity index (χ0) is 20.7. The van der Waals surface area contributed by atoms with Gasteiger partial charge in [0.15, 0.2) is 11.5 Å². The van der Waals surface area contributed by atoms with Crippen LogP contribution in [0.3, 0.4) is 0 Å². The average molecular weight is 402 g/mol. The lowest BCUT2D eigenvalue weighted by Gasteiger charge is -2.38. The molecule has 0 fully saturated rings. The number of methoxy groups -OCH3 is 2. The van der Waals surface area contributed by atoms with Crippen LogP contribution >= 0.6 is 0 Å². The van der Waals surface area contributed by atoms with Crippen LogP contribution in [-0.4, -0.2) is 30.0 Å². The van der Waals surface area contributed by atoms with E-state index in [2.05, 4.69) is 0 Å². The van der Waals surface area contributed by atoms with Crippen LogP contribution in [0.5, 0.6) is 23.0 Å². The van der Waals surface area contributed by atoms with Crippen molar-refractivity contribution in [1.29, 1.82) is 0 Å². The number of phenolic OH excluding ortho intramolecular Hbond substituents is 1. The molecule has 2 unspecified atom stereocenters. The van der Waals surface area contributed by atoms with Gasteiger partial charge in [0.25, 0.3) is 0 Å². The van der Waals surface area contributed by atoms with Crippen molar-refractivity contribution in [3.05, 3.63) is 83.4 Å². The van der Waals surface area contributed by atoms with E-state index in [1.807, 2.05) is 65.7 Å². The van der Waals surface area contributed by atoms with Gasteiger partial charge in [-0.2, -0.15) is 5.10 Å². The van der Waals surface area contributed by atoms with Crippen LogP contribution in [0.15, 0.2) is 71.8 Å². The van der Waals surface area contributed by atoms with Gasteiger partial charge >= 0.3 is 0 Å². The van der Waals surface area contributed by atoms with Gasteiger partial charge in [0, 0.05) is 23.1 Å². The highest BCUT2D eigenvalue weighted by Gasteiger charge is 2.42. The van der Waals surface area contributed by atoms with Gasteiger partial charge in [-0.3, -0.25) is 0 Å². The zero-order valence-electron chi connectivity index (χ0n) is 16.8. The molecule has 152 valence electrons. The standard InChI is InChI=1S/C24H22N2O4/c1-28-16-12-10-15(11-13-16)24-26-20(18-7-5-9-22(29-2)23(18)30-24)14-19(25-26)17-6-3-4-8-21(17)27/h3-13,20,24,27H,14H2,1-2H3. The highest BCUT2D eigenvalue weighted by atomic mass is 16.5. The third-order valence-corrected chi connectivity index (χ3v) is 5.62. The lowest BCUT2D eigenvalue weighted by Crippen LogP contribution is -2.33. The fourth-order valence-corrected chi connectivity index (χ4v) is 4.11. The van der Waals surface area contributed by atoms with Gasteiger partial charge in [0.2, 0.25) is 6.23 Å². The van der Waals surface area contributed by atoms with Crippen molar-refractivity contribution < 1.29 is 19.3 Å². The number of hydrogen-bond donors (Lipinski definition) is 1. The third-order valence-electron chi connectivity index (χ3n) is 5.62. The number of hydrazone groups is 1. The van der Waals surface area contributed by atoms with Crippen molar-refractivity contribution in [3.63, 3.8) is 0 Å². The number of hydrogen-bond acceptors (Lipinski definition) is 6. The van der Waals surface area contributed by atoms with Crippen LogP contribution < -0.4 is 14.2 Å². The molecule has 0 saturated heterocycles. The van der Waals surface area contributed by atoms with E-state index in [1.165, 1.54) is 0 Å². The monoisotopic (exact) mass is 402 g/mol. The average Bonchev–Trinajstić information content (AvgIpc) is 3.24. The summed E-state index contributed by atoms with van der Waals surface area (Å²) in [5.41, 5.74) is 3.55. The third kappa shape index (κ3) is 2.92. The van der Waals surface area contributed by atoms with Crippen molar-refractivity contribution >= 4 is 5.71 Å². The predicted molar refractivity (Wildman–Crippen MR) is 113 cm³/mol. The molecular formula is C24H22N2O4. The van der Waals surface area contributed by atoms with Gasteiger partial charge in [-0.25, -0.2) is 5.01 Å². The molecule has 0 radical (unpaired) electrons. The van der Waals surface area contributed by atoms with E-state index in [0.717, 1.165) is 33.9 Å². The second-order valence-corrected chi connectivity index (χ2v) is 7.29. The normalized spacial score (nSPS) is 19.4. The van der Waals surface area contributed by atoms with Crippen molar-refractivity contribution in [2.45, 2.75) is 18.7 Å². The van der Waals surface area contributed by atoms with Crippen LogP contribution in [0.25, 0.3) is 0 Å². The van der Waals surface area contributed by atoms with E-state index in [4.69, 9.17) is 19.3 Å². The molecule has 2 aliphatic rings. The summed E-state index contributed by atoms with van der Waals surface area (Å²) in [6.07, 6.45) is 0.237. The first-order valence-electron chi connectivity index (χ1n) is 9.81. The topological polar surface area (TPSA) is 63.5 Å². The Morgan fingerprint density at radius 3 is 2.50 bits per heavy atom. The summed E-state index contributed by atoms with van der Waals surface area (Å²) in [6, 6.07) is 21.0. The van der Waals surface area contributed by atoms with E-state index in [0.29, 0.717) is 12.2 Å². The summed E-state index contributed by atoms with van der Waals surface area (Å²) in [7, 11) is 3.29. The molecule has 1 N–H and O–H groups in total. The molecule has 0 spiro atoms. The molecule has 2 heterocycles. The molecule has 30 heavy (non-hydrogen) atoms. The molecule has 0 saturated carbocycles. The summed E-state index contributed by atoms with van der Waals surface area (Å²) in [5.74, 6) is 2.44. The number of ether oxygens (including phenoxy) is 3. The van der Waals surface area contributed by atoms with Gasteiger partial charge < -0.3 is 19.3 Å². The summed E-state index contributed by atoms with van der Waals surface area (Å²) >= 11 is 0. The smallest absolute Gasteiger partial charge is 0.214 e.